The highest BCUT2D eigenvalue weighted by molar-refractivity contribution is 14.1. The third-order valence-corrected chi connectivity index (χ3v) is 2.69. The van der Waals surface area contributed by atoms with E-state index in [-0.39, 0.29) is 5.28 Å². The van der Waals surface area contributed by atoms with Crippen molar-refractivity contribution in [3.05, 3.63) is 29.4 Å². The molecule has 15 heavy (non-hydrogen) atoms. The molecule has 0 spiro atoms. The number of halogens is 2. The fourth-order valence-electron chi connectivity index (χ4n) is 1.30. The quantitative estimate of drug-likeness (QED) is 0.533. The molecule has 78 valence electrons. The van der Waals surface area contributed by atoms with Crippen LogP contribution in [0.3, 0.4) is 0 Å². The van der Waals surface area contributed by atoms with Crippen LogP contribution in [0, 0.1) is 0 Å². The summed E-state index contributed by atoms with van der Waals surface area (Å²) >= 11 is 8.06. The Bertz CT molecular complexity index is 457. The zero-order valence-corrected chi connectivity index (χ0v) is 10.7. The first-order valence-corrected chi connectivity index (χ1v) is 6.28. The van der Waals surface area contributed by atoms with Gasteiger partial charge in [0, 0.05) is 21.9 Å². The molecule has 6 heteroatoms. The highest BCUT2D eigenvalue weighted by atomic mass is 127. The molecule has 0 unspecified atom stereocenters. The van der Waals surface area contributed by atoms with E-state index < -0.39 is 0 Å². The van der Waals surface area contributed by atoms with Gasteiger partial charge in [-0.25, -0.2) is 9.97 Å². The minimum absolute atomic E-state index is 0.258. The molecule has 0 saturated heterocycles. The maximum atomic E-state index is 5.74. The van der Waals surface area contributed by atoms with Crippen molar-refractivity contribution in [1.29, 1.82) is 0 Å². The number of hydrogen-bond acceptors (Lipinski definition) is 3. The number of nitrogens with zero attached hydrogens (tertiary/aromatic N) is 3. The van der Waals surface area contributed by atoms with E-state index in [1.807, 2.05) is 6.07 Å². The lowest BCUT2D eigenvalue weighted by Gasteiger charge is -2.00. The van der Waals surface area contributed by atoms with Crippen LogP contribution in [0.1, 0.15) is 5.69 Å². The molecule has 2 aromatic rings. The molecule has 1 N–H and O–H groups in total. The number of alkyl halides is 1. The van der Waals surface area contributed by atoms with Crippen LogP contribution in [0.5, 0.6) is 0 Å². The first kappa shape index (κ1) is 10.8. The third-order valence-electron chi connectivity index (χ3n) is 1.96. The van der Waals surface area contributed by atoms with E-state index in [2.05, 4.69) is 42.8 Å². The average molecular weight is 335 g/mol. The molecule has 0 aliphatic heterocycles. The Labute approximate surface area is 106 Å². The summed E-state index contributed by atoms with van der Waals surface area (Å²) in [6, 6.07) is 1.83. The fraction of sp³-hybridized carbons (Fsp3) is 0.222. The topological polar surface area (TPSA) is 54.5 Å². The maximum absolute atomic E-state index is 5.74. The lowest BCUT2D eigenvalue weighted by molar-refractivity contribution is 0.987. The number of nitrogens with one attached hydrogen (secondary N) is 1. The van der Waals surface area contributed by atoms with Gasteiger partial charge in [-0.2, -0.15) is 5.10 Å². The van der Waals surface area contributed by atoms with Crippen molar-refractivity contribution in [1.82, 2.24) is 20.2 Å². The van der Waals surface area contributed by atoms with Gasteiger partial charge in [0.1, 0.15) is 0 Å². The summed E-state index contributed by atoms with van der Waals surface area (Å²) in [5, 5.41) is 7.24. The van der Waals surface area contributed by atoms with E-state index in [1.165, 1.54) is 0 Å². The molecule has 0 radical (unpaired) electrons. The van der Waals surface area contributed by atoms with Gasteiger partial charge >= 0.3 is 0 Å². The van der Waals surface area contributed by atoms with Gasteiger partial charge in [0.05, 0.1) is 11.9 Å². The number of rotatable bonds is 3. The molecular formula is C9H8ClIN4. The van der Waals surface area contributed by atoms with Gasteiger partial charge in [0.2, 0.25) is 5.28 Å². The van der Waals surface area contributed by atoms with Gasteiger partial charge in [0.25, 0.3) is 0 Å². The van der Waals surface area contributed by atoms with Crippen molar-refractivity contribution in [3.63, 3.8) is 0 Å². The number of aromatic amines is 1. The first-order valence-electron chi connectivity index (χ1n) is 4.38. The zero-order chi connectivity index (χ0) is 10.7. The predicted molar refractivity (Wildman–Crippen MR) is 67.2 cm³/mol. The largest absolute Gasteiger partial charge is 0.282 e. The highest BCUT2D eigenvalue weighted by Gasteiger charge is 2.08. The van der Waals surface area contributed by atoms with Gasteiger partial charge < -0.3 is 0 Å². The zero-order valence-electron chi connectivity index (χ0n) is 7.74. The maximum Gasteiger partial charge on any atom is 0.222 e. The number of aromatic nitrogens is 4. The lowest BCUT2D eigenvalue weighted by atomic mass is 10.1. The second kappa shape index (κ2) is 4.89. The molecule has 0 aliphatic rings. The molecule has 2 aromatic heterocycles. The number of aryl methyl sites for hydroxylation is 1. The van der Waals surface area contributed by atoms with Crippen LogP contribution in [0.2, 0.25) is 5.28 Å². The van der Waals surface area contributed by atoms with E-state index in [0.29, 0.717) is 0 Å². The Kier molecular flexibility index (Phi) is 3.53. The summed E-state index contributed by atoms with van der Waals surface area (Å²) in [6.07, 6.45) is 4.35. The fourth-order valence-corrected chi connectivity index (χ4v) is 1.99. The van der Waals surface area contributed by atoms with Crippen LogP contribution < -0.4 is 0 Å². The van der Waals surface area contributed by atoms with Crippen LogP contribution in [0.4, 0.5) is 0 Å². The summed E-state index contributed by atoms with van der Waals surface area (Å²) in [5.74, 6) is 0. The molecule has 4 nitrogen and oxygen atoms in total. The Morgan fingerprint density at radius 3 is 3.07 bits per heavy atom. The summed E-state index contributed by atoms with van der Waals surface area (Å²) in [5.41, 5.74) is 2.89. The van der Waals surface area contributed by atoms with Gasteiger partial charge in [-0.05, 0) is 24.1 Å². The van der Waals surface area contributed by atoms with Crippen molar-refractivity contribution in [2.75, 3.05) is 4.43 Å². The second-order valence-electron chi connectivity index (χ2n) is 2.91. The molecule has 0 fully saturated rings. The van der Waals surface area contributed by atoms with Gasteiger partial charge in [-0.1, -0.05) is 22.6 Å². The molecule has 2 heterocycles. The first-order chi connectivity index (χ1) is 7.31. The number of hydrogen-bond donors (Lipinski definition) is 1. The summed E-state index contributed by atoms with van der Waals surface area (Å²) in [6.45, 7) is 0. The molecule has 2 rings (SSSR count). The summed E-state index contributed by atoms with van der Waals surface area (Å²) in [7, 11) is 0. The molecule has 0 bridgehead atoms. The Morgan fingerprint density at radius 1 is 1.47 bits per heavy atom. The normalized spacial score (nSPS) is 10.5. The smallest absolute Gasteiger partial charge is 0.222 e. The second-order valence-corrected chi connectivity index (χ2v) is 4.33. The van der Waals surface area contributed by atoms with E-state index in [9.17, 15) is 0 Å². The molecule has 0 atom stereocenters. The Morgan fingerprint density at radius 2 is 2.33 bits per heavy atom. The van der Waals surface area contributed by atoms with Crippen LogP contribution in [-0.2, 0) is 6.42 Å². The van der Waals surface area contributed by atoms with E-state index in [1.54, 1.807) is 12.4 Å². The summed E-state index contributed by atoms with van der Waals surface area (Å²) < 4.78 is 1.03. The van der Waals surface area contributed by atoms with E-state index >= 15 is 0 Å². The van der Waals surface area contributed by atoms with Crippen molar-refractivity contribution in [2.24, 2.45) is 0 Å². The Hall–Kier alpha value is -0.690. The van der Waals surface area contributed by atoms with Crippen molar-refractivity contribution < 1.29 is 0 Å². The third kappa shape index (κ3) is 2.46. The molecule has 0 aromatic carbocycles. The average Bonchev–Trinajstić information content (AvgIpc) is 2.66. The Balaban J connectivity index is 2.40. The lowest BCUT2D eigenvalue weighted by Crippen LogP contribution is -1.92. The molecule has 0 saturated carbocycles. The van der Waals surface area contributed by atoms with Crippen molar-refractivity contribution >= 4 is 34.2 Å². The minimum atomic E-state index is 0.258. The predicted octanol–water partition coefficient (Wildman–Crippen LogP) is 2.50. The van der Waals surface area contributed by atoms with Crippen LogP contribution in [0.15, 0.2) is 18.5 Å². The highest BCUT2D eigenvalue weighted by Crippen LogP contribution is 2.21. The van der Waals surface area contributed by atoms with Crippen molar-refractivity contribution in [3.8, 4) is 11.3 Å². The summed E-state index contributed by atoms with van der Waals surface area (Å²) in [4.78, 5) is 8.00. The van der Waals surface area contributed by atoms with Crippen LogP contribution in [0.25, 0.3) is 11.3 Å². The van der Waals surface area contributed by atoms with Gasteiger partial charge in [0.15, 0.2) is 0 Å². The molecule has 0 amide bonds. The number of H-pyrrole nitrogens is 1. The van der Waals surface area contributed by atoms with E-state index in [4.69, 9.17) is 11.6 Å². The molecule has 0 aliphatic carbocycles. The monoisotopic (exact) mass is 334 g/mol. The molecular weight excluding hydrogens is 326 g/mol. The van der Waals surface area contributed by atoms with Gasteiger partial charge in [-0.15, -0.1) is 0 Å². The van der Waals surface area contributed by atoms with E-state index in [0.717, 1.165) is 27.8 Å². The SMILES string of the molecule is Clc1nccc(-c2cn[nH]c2CCI)n1. The standard InChI is InChI=1S/C9H8ClIN4/c10-9-12-4-2-7(14-9)6-5-13-15-8(6)1-3-11/h2,4-5H,1,3H2,(H,13,15). The van der Waals surface area contributed by atoms with Gasteiger partial charge in [-0.3, -0.25) is 5.10 Å². The minimum Gasteiger partial charge on any atom is -0.282 e. The van der Waals surface area contributed by atoms with Crippen LogP contribution in [-0.4, -0.2) is 24.6 Å². The van der Waals surface area contributed by atoms with Crippen molar-refractivity contribution in [2.45, 2.75) is 6.42 Å². The van der Waals surface area contributed by atoms with Crippen LogP contribution >= 0.6 is 34.2 Å².